The van der Waals surface area contributed by atoms with Crippen molar-refractivity contribution in [1.82, 2.24) is 0 Å². The van der Waals surface area contributed by atoms with E-state index in [0.29, 0.717) is 22.9 Å². The summed E-state index contributed by atoms with van der Waals surface area (Å²) in [5, 5.41) is 4.30. The largest absolute Gasteiger partial charge is 0.497 e. The molecule has 0 atom stereocenters. The van der Waals surface area contributed by atoms with Crippen LogP contribution in [0, 0.1) is 0 Å². The summed E-state index contributed by atoms with van der Waals surface area (Å²) in [4.78, 5) is 12.8. The van der Waals surface area contributed by atoms with Crippen molar-refractivity contribution in [3.8, 4) is 11.5 Å². The van der Waals surface area contributed by atoms with E-state index in [-0.39, 0.29) is 9.77 Å². The van der Waals surface area contributed by atoms with Crippen LogP contribution in [-0.2, 0) is 10.0 Å². The number of hydrogen-bond acceptors (Lipinski definition) is 6. The number of benzene rings is 2. The van der Waals surface area contributed by atoms with E-state index in [2.05, 4.69) is 5.32 Å². The van der Waals surface area contributed by atoms with Gasteiger partial charge in [0.1, 0.15) is 21.3 Å². The molecule has 7 nitrogen and oxygen atoms in total. The second-order valence-electron chi connectivity index (χ2n) is 5.97. The number of carbonyl (C=O) groups is 1. The van der Waals surface area contributed by atoms with Crippen molar-refractivity contribution >= 4 is 38.6 Å². The highest BCUT2D eigenvalue weighted by Gasteiger charge is 2.28. The number of anilines is 2. The maximum Gasteiger partial charge on any atom is 0.267 e. The highest BCUT2D eigenvalue weighted by molar-refractivity contribution is 7.93. The van der Waals surface area contributed by atoms with Crippen molar-refractivity contribution in [3.05, 3.63) is 64.9 Å². The van der Waals surface area contributed by atoms with Gasteiger partial charge in [0.05, 0.1) is 19.9 Å². The molecule has 1 amide bonds. The Bertz CT molecular complexity index is 1090. The summed E-state index contributed by atoms with van der Waals surface area (Å²) in [6, 6.07) is 14.8. The zero-order valence-electron chi connectivity index (χ0n) is 16.1. The Morgan fingerprint density at radius 3 is 2.03 bits per heavy atom. The molecule has 0 aliphatic heterocycles. The third-order valence-electron chi connectivity index (χ3n) is 4.26. The summed E-state index contributed by atoms with van der Waals surface area (Å²) in [7, 11) is 0.607. The molecule has 0 aliphatic rings. The van der Waals surface area contributed by atoms with Gasteiger partial charge in [-0.2, -0.15) is 0 Å². The van der Waals surface area contributed by atoms with Crippen molar-refractivity contribution in [1.29, 1.82) is 0 Å². The number of rotatable bonds is 7. The minimum atomic E-state index is -3.92. The quantitative estimate of drug-likeness (QED) is 0.613. The topological polar surface area (TPSA) is 84.9 Å². The number of nitrogens with zero attached hydrogens (tertiary/aromatic N) is 1. The fraction of sp³-hybridized carbons (Fsp3) is 0.150. The lowest BCUT2D eigenvalue weighted by Crippen LogP contribution is -2.28. The van der Waals surface area contributed by atoms with Gasteiger partial charge >= 0.3 is 0 Å². The minimum absolute atomic E-state index is 0.0492. The Labute approximate surface area is 173 Å². The van der Waals surface area contributed by atoms with E-state index in [1.165, 1.54) is 20.2 Å². The lowest BCUT2D eigenvalue weighted by molar-refractivity contribution is 0.102. The normalized spacial score (nSPS) is 11.0. The molecule has 0 radical (unpaired) electrons. The van der Waals surface area contributed by atoms with Crippen LogP contribution in [0.5, 0.6) is 11.5 Å². The zero-order chi connectivity index (χ0) is 21.0. The van der Waals surface area contributed by atoms with Crippen molar-refractivity contribution < 1.29 is 22.7 Å². The average Bonchev–Trinajstić information content (AvgIpc) is 3.25. The van der Waals surface area contributed by atoms with Gasteiger partial charge in [0.2, 0.25) is 0 Å². The first kappa shape index (κ1) is 20.7. The van der Waals surface area contributed by atoms with Crippen molar-refractivity contribution in [2.45, 2.75) is 4.90 Å². The third-order valence-corrected chi connectivity index (χ3v) is 7.13. The van der Waals surface area contributed by atoms with Crippen molar-refractivity contribution in [2.24, 2.45) is 0 Å². The van der Waals surface area contributed by atoms with Gasteiger partial charge in [-0.3, -0.25) is 9.10 Å². The first-order valence-corrected chi connectivity index (χ1v) is 10.8. The number of hydrogen-bond donors (Lipinski definition) is 1. The van der Waals surface area contributed by atoms with E-state index >= 15 is 0 Å². The first-order valence-electron chi connectivity index (χ1n) is 8.52. The number of amides is 1. The van der Waals surface area contributed by atoms with E-state index in [0.717, 1.165) is 15.6 Å². The Kier molecular flexibility index (Phi) is 6.09. The van der Waals surface area contributed by atoms with Crippen molar-refractivity contribution in [3.63, 3.8) is 0 Å². The molecule has 3 rings (SSSR count). The monoisotopic (exact) mass is 432 g/mol. The van der Waals surface area contributed by atoms with Gasteiger partial charge < -0.3 is 14.8 Å². The summed E-state index contributed by atoms with van der Waals surface area (Å²) < 4.78 is 37.6. The first-order chi connectivity index (χ1) is 13.9. The van der Waals surface area contributed by atoms with Crippen LogP contribution in [0.4, 0.5) is 11.4 Å². The molecule has 1 N–H and O–H groups in total. The maximum atomic E-state index is 13.1. The fourth-order valence-corrected chi connectivity index (χ4v) is 5.10. The van der Waals surface area contributed by atoms with Gasteiger partial charge in [-0.25, -0.2) is 8.42 Å². The third kappa shape index (κ3) is 4.36. The van der Waals surface area contributed by atoms with Crippen LogP contribution in [0.2, 0.25) is 0 Å². The molecule has 0 fully saturated rings. The Hall–Kier alpha value is -3.04. The molecular weight excluding hydrogens is 412 g/mol. The van der Waals surface area contributed by atoms with Crippen LogP contribution in [0.15, 0.2) is 64.9 Å². The molecule has 0 saturated heterocycles. The lowest BCUT2D eigenvalue weighted by Gasteiger charge is -2.20. The molecule has 1 aromatic heterocycles. The standard InChI is InChI=1S/C20H20N2O5S2/c1-22(15-6-10-17(27-3)11-7-15)29(24,25)18-12-13-28-19(18)20(23)21-14-4-8-16(26-2)9-5-14/h4-13H,1-3H3,(H,21,23). The van der Waals surface area contributed by atoms with Crippen molar-refractivity contribution in [2.75, 3.05) is 30.9 Å². The summed E-state index contributed by atoms with van der Waals surface area (Å²) >= 11 is 1.07. The van der Waals surface area contributed by atoms with Crippen LogP contribution < -0.4 is 19.1 Å². The maximum absolute atomic E-state index is 13.1. The van der Waals surface area contributed by atoms with E-state index < -0.39 is 15.9 Å². The van der Waals surface area contributed by atoms with Crippen LogP contribution in [0.25, 0.3) is 0 Å². The molecule has 152 valence electrons. The Morgan fingerprint density at radius 2 is 1.48 bits per heavy atom. The SMILES string of the molecule is COc1ccc(NC(=O)c2sccc2S(=O)(=O)N(C)c2ccc(OC)cc2)cc1. The lowest BCUT2D eigenvalue weighted by atomic mass is 10.3. The predicted molar refractivity (Wildman–Crippen MR) is 114 cm³/mol. The highest BCUT2D eigenvalue weighted by Crippen LogP contribution is 2.29. The van der Waals surface area contributed by atoms with Crippen LogP contribution >= 0.6 is 11.3 Å². The smallest absolute Gasteiger partial charge is 0.267 e. The summed E-state index contributed by atoms with van der Waals surface area (Å²) in [5.74, 6) is 0.782. The van der Waals surface area contributed by atoms with Crippen LogP contribution in [0.3, 0.4) is 0 Å². The Balaban J connectivity index is 1.85. The molecule has 1 heterocycles. The molecule has 0 unspecified atom stereocenters. The van der Waals surface area contributed by atoms with Gasteiger partial charge in [0, 0.05) is 12.7 Å². The molecule has 0 aliphatic carbocycles. The second-order valence-corrected chi connectivity index (χ2v) is 8.82. The molecule has 0 saturated carbocycles. The molecule has 3 aromatic rings. The van der Waals surface area contributed by atoms with Crippen LogP contribution in [-0.4, -0.2) is 35.6 Å². The minimum Gasteiger partial charge on any atom is -0.497 e. The summed E-state index contributed by atoms with van der Waals surface area (Å²) in [6.45, 7) is 0. The number of ether oxygens (including phenoxy) is 2. The van der Waals surface area contributed by atoms with E-state index in [1.54, 1.807) is 61.0 Å². The fourth-order valence-electron chi connectivity index (χ4n) is 2.61. The second kappa shape index (κ2) is 8.54. The summed E-state index contributed by atoms with van der Waals surface area (Å²) in [5.41, 5.74) is 0.995. The van der Waals surface area contributed by atoms with Gasteiger partial charge in [-0.05, 0) is 60.0 Å². The molecule has 2 aromatic carbocycles. The number of thiophene rings is 1. The van der Waals surface area contributed by atoms with Gasteiger partial charge in [-0.15, -0.1) is 11.3 Å². The van der Waals surface area contributed by atoms with Crippen LogP contribution in [0.1, 0.15) is 9.67 Å². The zero-order valence-corrected chi connectivity index (χ0v) is 17.7. The van der Waals surface area contributed by atoms with Gasteiger partial charge in [0.25, 0.3) is 15.9 Å². The number of carbonyl (C=O) groups excluding carboxylic acids is 1. The molecular formula is C20H20N2O5S2. The highest BCUT2D eigenvalue weighted by atomic mass is 32.2. The number of methoxy groups -OCH3 is 2. The molecule has 0 bridgehead atoms. The average molecular weight is 433 g/mol. The number of sulfonamides is 1. The van der Waals surface area contributed by atoms with E-state index in [1.807, 2.05) is 0 Å². The molecule has 29 heavy (non-hydrogen) atoms. The predicted octanol–water partition coefficient (Wildman–Crippen LogP) is 3.84. The molecule has 9 heteroatoms. The van der Waals surface area contributed by atoms with E-state index in [9.17, 15) is 13.2 Å². The number of nitrogens with one attached hydrogen (secondary N) is 1. The molecule has 0 spiro atoms. The van der Waals surface area contributed by atoms with Gasteiger partial charge in [0.15, 0.2) is 0 Å². The van der Waals surface area contributed by atoms with Gasteiger partial charge in [-0.1, -0.05) is 0 Å². The van der Waals surface area contributed by atoms with E-state index in [4.69, 9.17) is 9.47 Å². The Morgan fingerprint density at radius 1 is 0.931 bits per heavy atom. The summed E-state index contributed by atoms with van der Waals surface area (Å²) in [6.07, 6.45) is 0.